The molecule has 1 fully saturated rings. The van der Waals surface area contributed by atoms with Crippen molar-refractivity contribution in [3.63, 3.8) is 0 Å². The van der Waals surface area contributed by atoms with Crippen LogP contribution in [0.1, 0.15) is 12.8 Å². The number of benzene rings is 1. The molecule has 1 saturated heterocycles. The first-order chi connectivity index (χ1) is 7.25. The van der Waals surface area contributed by atoms with E-state index in [4.69, 9.17) is 0 Å². The molecule has 15 heavy (non-hydrogen) atoms. The van der Waals surface area contributed by atoms with E-state index in [9.17, 15) is 8.78 Å². The summed E-state index contributed by atoms with van der Waals surface area (Å²) in [6.07, 6.45) is 2.39. The quantitative estimate of drug-likeness (QED) is 0.800. The first-order valence-corrected chi connectivity index (χ1v) is 6.05. The maximum absolute atomic E-state index is 12.9. The van der Waals surface area contributed by atoms with E-state index < -0.39 is 11.6 Å². The second kappa shape index (κ2) is 4.94. The van der Waals surface area contributed by atoms with E-state index in [0.29, 0.717) is 6.04 Å². The van der Waals surface area contributed by atoms with Gasteiger partial charge in [0.1, 0.15) is 0 Å². The zero-order valence-electron chi connectivity index (χ0n) is 8.30. The van der Waals surface area contributed by atoms with Crippen molar-refractivity contribution in [2.75, 3.05) is 12.3 Å². The number of rotatable bonds is 3. The van der Waals surface area contributed by atoms with Gasteiger partial charge in [-0.15, -0.1) is 11.8 Å². The standard InChI is InChI=1S/C11H13F2NS/c12-10-4-3-9(6-11(10)13)15-7-8-2-1-5-14-8/h3-4,6,8,14H,1-2,5,7H2/t8-/m1/s1. The van der Waals surface area contributed by atoms with Crippen molar-refractivity contribution in [3.8, 4) is 0 Å². The third kappa shape index (κ3) is 2.92. The highest BCUT2D eigenvalue weighted by Gasteiger charge is 2.14. The molecular weight excluding hydrogens is 216 g/mol. The van der Waals surface area contributed by atoms with Crippen LogP contribution < -0.4 is 5.32 Å². The van der Waals surface area contributed by atoms with Crippen LogP contribution in [0.15, 0.2) is 23.1 Å². The summed E-state index contributed by atoms with van der Waals surface area (Å²) in [4.78, 5) is 0.794. The van der Waals surface area contributed by atoms with Gasteiger partial charge in [0.25, 0.3) is 0 Å². The number of thioether (sulfide) groups is 1. The van der Waals surface area contributed by atoms with E-state index in [-0.39, 0.29) is 0 Å². The smallest absolute Gasteiger partial charge is 0.159 e. The van der Waals surface area contributed by atoms with Crippen LogP contribution in [0, 0.1) is 11.6 Å². The van der Waals surface area contributed by atoms with Gasteiger partial charge in [-0.3, -0.25) is 0 Å². The lowest BCUT2D eigenvalue weighted by Gasteiger charge is -2.09. The highest BCUT2D eigenvalue weighted by molar-refractivity contribution is 7.99. The van der Waals surface area contributed by atoms with Gasteiger partial charge in [-0.2, -0.15) is 0 Å². The average molecular weight is 229 g/mol. The van der Waals surface area contributed by atoms with Crippen LogP contribution in [0.4, 0.5) is 8.78 Å². The van der Waals surface area contributed by atoms with Crippen LogP contribution in [0.3, 0.4) is 0 Å². The van der Waals surface area contributed by atoms with Crippen LogP contribution in [-0.4, -0.2) is 18.3 Å². The Morgan fingerprint density at radius 3 is 2.87 bits per heavy atom. The average Bonchev–Trinajstić information content (AvgIpc) is 2.73. The lowest BCUT2D eigenvalue weighted by Crippen LogP contribution is -2.23. The molecule has 0 spiro atoms. The summed E-state index contributed by atoms with van der Waals surface area (Å²) in [5.41, 5.74) is 0. The van der Waals surface area contributed by atoms with Crippen molar-refractivity contribution < 1.29 is 8.78 Å². The largest absolute Gasteiger partial charge is 0.313 e. The van der Waals surface area contributed by atoms with Gasteiger partial charge in [0.15, 0.2) is 11.6 Å². The highest BCUT2D eigenvalue weighted by Crippen LogP contribution is 2.22. The van der Waals surface area contributed by atoms with Gasteiger partial charge >= 0.3 is 0 Å². The molecule has 1 atom stereocenters. The second-order valence-electron chi connectivity index (χ2n) is 3.68. The Balaban J connectivity index is 1.90. The summed E-state index contributed by atoms with van der Waals surface area (Å²) in [6, 6.07) is 4.58. The Kier molecular flexibility index (Phi) is 3.59. The molecule has 1 heterocycles. The normalized spacial score (nSPS) is 20.8. The fourth-order valence-corrected chi connectivity index (χ4v) is 2.69. The Labute approximate surface area is 92.3 Å². The van der Waals surface area contributed by atoms with Crippen LogP contribution in [0.25, 0.3) is 0 Å². The van der Waals surface area contributed by atoms with E-state index in [1.54, 1.807) is 17.8 Å². The summed E-state index contributed by atoms with van der Waals surface area (Å²) < 4.78 is 25.5. The van der Waals surface area contributed by atoms with Gasteiger partial charge in [-0.05, 0) is 37.6 Å². The molecule has 2 rings (SSSR count). The van der Waals surface area contributed by atoms with E-state index in [1.165, 1.54) is 25.0 Å². The minimum Gasteiger partial charge on any atom is -0.313 e. The summed E-state index contributed by atoms with van der Waals surface area (Å²) in [5.74, 6) is -0.622. The van der Waals surface area contributed by atoms with Crippen molar-refractivity contribution in [1.29, 1.82) is 0 Å². The maximum atomic E-state index is 12.9. The van der Waals surface area contributed by atoms with Gasteiger partial charge in [-0.1, -0.05) is 0 Å². The van der Waals surface area contributed by atoms with E-state index >= 15 is 0 Å². The molecule has 82 valence electrons. The molecule has 1 N–H and O–H groups in total. The summed E-state index contributed by atoms with van der Waals surface area (Å²) in [5, 5.41) is 3.36. The maximum Gasteiger partial charge on any atom is 0.159 e. The van der Waals surface area contributed by atoms with Gasteiger partial charge in [0.2, 0.25) is 0 Å². The topological polar surface area (TPSA) is 12.0 Å². The lowest BCUT2D eigenvalue weighted by atomic mass is 10.3. The number of hydrogen-bond donors (Lipinski definition) is 1. The summed E-state index contributed by atoms with van der Waals surface area (Å²) >= 11 is 1.57. The van der Waals surface area contributed by atoms with Crippen LogP contribution in [0.2, 0.25) is 0 Å². The molecule has 0 bridgehead atoms. The van der Waals surface area contributed by atoms with Crippen molar-refractivity contribution in [2.24, 2.45) is 0 Å². The monoisotopic (exact) mass is 229 g/mol. The van der Waals surface area contributed by atoms with Crippen LogP contribution in [-0.2, 0) is 0 Å². The van der Waals surface area contributed by atoms with Crippen molar-refractivity contribution >= 4 is 11.8 Å². The fraction of sp³-hybridized carbons (Fsp3) is 0.455. The second-order valence-corrected chi connectivity index (χ2v) is 4.77. The minimum absolute atomic E-state index is 0.517. The molecule has 1 aliphatic rings. The Hall–Kier alpha value is -0.610. The highest BCUT2D eigenvalue weighted by atomic mass is 32.2. The molecule has 0 aromatic heterocycles. The molecule has 1 aromatic carbocycles. The van der Waals surface area contributed by atoms with E-state index in [1.807, 2.05) is 0 Å². The third-order valence-corrected chi connectivity index (χ3v) is 3.66. The molecule has 1 nitrogen and oxygen atoms in total. The van der Waals surface area contributed by atoms with Crippen molar-refractivity contribution in [1.82, 2.24) is 5.32 Å². The van der Waals surface area contributed by atoms with E-state index in [2.05, 4.69) is 5.32 Å². The fourth-order valence-electron chi connectivity index (χ4n) is 1.66. The number of nitrogens with one attached hydrogen (secondary N) is 1. The first kappa shape index (κ1) is 10.9. The molecule has 0 saturated carbocycles. The van der Waals surface area contributed by atoms with Crippen LogP contribution >= 0.6 is 11.8 Å². The Bertz CT molecular complexity index is 337. The van der Waals surface area contributed by atoms with E-state index in [0.717, 1.165) is 17.2 Å². The number of hydrogen-bond acceptors (Lipinski definition) is 2. The zero-order valence-corrected chi connectivity index (χ0v) is 9.12. The molecule has 1 aliphatic heterocycles. The van der Waals surface area contributed by atoms with Crippen LogP contribution in [0.5, 0.6) is 0 Å². The molecule has 0 unspecified atom stereocenters. The van der Waals surface area contributed by atoms with Crippen molar-refractivity contribution in [3.05, 3.63) is 29.8 Å². The lowest BCUT2D eigenvalue weighted by molar-refractivity contribution is 0.506. The molecule has 1 aromatic rings. The minimum atomic E-state index is -0.779. The van der Waals surface area contributed by atoms with Gasteiger partial charge in [0, 0.05) is 16.7 Å². The predicted molar refractivity (Wildman–Crippen MR) is 58.1 cm³/mol. The molecule has 0 aliphatic carbocycles. The first-order valence-electron chi connectivity index (χ1n) is 5.07. The summed E-state index contributed by atoms with van der Waals surface area (Å²) in [6.45, 7) is 1.07. The van der Waals surface area contributed by atoms with Gasteiger partial charge < -0.3 is 5.32 Å². The predicted octanol–water partition coefficient (Wildman–Crippen LogP) is 2.81. The van der Waals surface area contributed by atoms with Crippen molar-refractivity contribution in [2.45, 2.75) is 23.8 Å². The molecular formula is C11H13F2NS. The third-order valence-electron chi connectivity index (χ3n) is 2.50. The SMILES string of the molecule is Fc1ccc(SC[C@H]2CCCN2)cc1F. The summed E-state index contributed by atoms with van der Waals surface area (Å²) in [7, 11) is 0. The Morgan fingerprint density at radius 1 is 1.33 bits per heavy atom. The number of halogens is 2. The zero-order chi connectivity index (χ0) is 10.7. The molecule has 4 heteroatoms. The Morgan fingerprint density at radius 2 is 2.20 bits per heavy atom. The van der Waals surface area contributed by atoms with Gasteiger partial charge in [0.05, 0.1) is 0 Å². The molecule has 0 amide bonds. The van der Waals surface area contributed by atoms with Gasteiger partial charge in [-0.25, -0.2) is 8.78 Å². The molecule has 0 radical (unpaired) electrons.